The summed E-state index contributed by atoms with van der Waals surface area (Å²) < 4.78 is 10.2. The highest BCUT2D eigenvalue weighted by atomic mass is 16.5. The van der Waals surface area contributed by atoms with Gasteiger partial charge in [0.05, 0.1) is 19.3 Å². The largest absolute Gasteiger partial charge is 0.497 e. The van der Waals surface area contributed by atoms with Crippen LogP contribution in [0.15, 0.2) is 54.1 Å². The molecule has 0 saturated carbocycles. The van der Waals surface area contributed by atoms with Crippen LogP contribution in [0.25, 0.3) is 6.08 Å². The number of ether oxygens (including phenoxy) is 2. The lowest BCUT2D eigenvalue weighted by molar-refractivity contribution is -0.112. The number of esters is 1. The summed E-state index contributed by atoms with van der Waals surface area (Å²) in [5.41, 5.74) is 1.37. The number of carbonyl (C=O) groups excluding carboxylic acids is 2. The number of benzene rings is 2. The van der Waals surface area contributed by atoms with Crippen molar-refractivity contribution >= 4 is 23.6 Å². The van der Waals surface area contributed by atoms with Crippen molar-refractivity contribution in [3.8, 4) is 11.8 Å². The van der Waals surface area contributed by atoms with Crippen molar-refractivity contribution in [3.05, 3.63) is 65.2 Å². The summed E-state index contributed by atoms with van der Waals surface area (Å²) in [7, 11) is 1.56. The molecule has 0 bridgehead atoms. The van der Waals surface area contributed by atoms with E-state index in [1.165, 1.54) is 12.1 Å². The molecule has 0 fully saturated rings. The molecule has 0 aliphatic carbocycles. The van der Waals surface area contributed by atoms with Crippen molar-refractivity contribution in [2.24, 2.45) is 0 Å². The molecule has 1 amide bonds. The predicted molar refractivity (Wildman–Crippen MR) is 102 cm³/mol. The molecule has 0 radical (unpaired) electrons. The number of amides is 1. The second kappa shape index (κ2) is 9.78. The van der Waals surface area contributed by atoms with Crippen LogP contribution >= 0.6 is 0 Å². The molecule has 0 heterocycles. The number of nitriles is 1. The highest BCUT2D eigenvalue weighted by Crippen LogP contribution is 2.16. The maximum absolute atomic E-state index is 12.4. The van der Waals surface area contributed by atoms with Gasteiger partial charge in [-0.05, 0) is 48.4 Å². The Balaban J connectivity index is 2.13. The maximum Gasteiger partial charge on any atom is 0.338 e. The van der Waals surface area contributed by atoms with Crippen LogP contribution in [0.3, 0.4) is 0 Å². The fourth-order valence-corrected chi connectivity index (χ4v) is 2.22. The van der Waals surface area contributed by atoms with Crippen LogP contribution in [-0.4, -0.2) is 25.6 Å². The Morgan fingerprint density at radius 2 is 1.93 bits per heavy atom. The van der Waals surface area contributed by atoms with Crippen LogP contribution < -0.4 is 10.1 Å². The number of hydrogen-bond acceptors (Lipinski definition) is 5. The van der Waals surface area contributed by atoms with Crippen molar-refractivity contribution in [2.75, 3.05) is 19.0 Å². The normalized spacial score (nSPS) is 10.6. The fraction of sp³-hybridized carbons (Fsp3) is 0.190. The van der Waals surface area contributed by atoms with E-state index in [0.29, 0.717) is 29.2 Å². The van der Waals surface area contributed by atoms with E-state index in [4.69, 9.17) is 9.47 Å². The van der Waals surface area contributed by atoms with E-state index >= 15 is 0 Å². The number of carbonyl (C=O) groups is 2. The topological polar surface area (TPSA) is 88.4 Å². The molecule has 2 rings (SSSR count). The third-order valence-electron chi connectivity index (χ3n) is 3.59. The Morgan fingerprint density at radius 1 is 1.19 bits per heavy atom. The molecule has 0 aliphatic heterocycles. The minimum atomic E-state index is -0.563. The Labute approximate surface area is 158 Å². The van der Waals surface area contributed by atoms with Crippen LogP contribution in [0.5, 0.6) is 5.75 Å². The molecule has 27 heavy (non-hydrogen) atoms. The van der Waals surface area contributed by atoms with Crippen LogP contribution in [0.2, 0.25) is 0 Å². The number of anilines is 1. The Morgan fingerprint density at radius 3 is 2.56 bits per heavy atom. The van der Waals surface area contributed by atoms with Crippen molar-refractivity contribution in [3.63, 3.8) is 0 Å². The molecule has 2 aromatic carbocycles. The van der Waals surface area contributed by atoms with Crippen molar-refractivity contribution < 1.29 is 19.1 Å². The average Bonchev–Trinajstić information content (AvgIpc) is 2.70. The molecule has 0 unspecified atom stereocenters. The lowest BCUT2D eigenvalue weighted by Crippen LogP contribution is -2.14. The Bertz CT molecular complexity index is 880. The molecule has 0 aromatic heterocycles. The van der Waals surface area contributed by atoms with Crippen molar-refractivity contribution in [1.82, 2.24) is 0 Å². The van der Waals surface area contributed by atoms with E-state index in [2.05, 4.69) is 5.32 Å². The molecule has 2 aromatic rings. The quantitative estimate of drug-likeness (QED) is 0.458. The summed E-state index contributed by atoms with van der Waals surface area (Å²) in [4.78, 5) is 24.3. The van der Waals surface area contributed by atoms with Gasteiger partial charge in [-0.25, -0.2) is 4.79 Å². The van der Waals surface area contributed by atoms with Gasteiger partial charge in [0.15, 0.2) is 0 Å². The summed E-state index contributed by atoms with van der Waals surface area (Å²) in [6.07, 6.45) is 2.21. The van der Waals surface area contributed by atoms with Gasteiger partial charge >= 0.3 is 5.97 Å². The monoisotopic (exact) mass is 364 g/mol. The number of methoxy groups -OCH3 is 1. The Hall–Kier alpha value is -3.59. The van der Waals surface area contributed by atoms with Gasteiger partial charge < -0.3 is 14.8 Å². The number of nitrogens with one attached hydrogen (secondary N) is 1. The van der Waals surface area contributed by atoms with Gasteiger partial charge in [-0.2, -0.15) is 5.26 Å². The summed E-state index contributed by atoms with van der Waals surface area (Å²) in [5.74, 6) is -0.337. The third kappa shape index (κ3) is 5.72. The zero-order valence-corrected chi connectivity index (χ0v) is 15.2. The number of hydrogen-bond donors (Lipinski definition) is 1. The number of rotatable bonds is 7. The van der Waals surface area contributed by atoms with E-state index in [1.54, 1.807) is 49.6 Å². The zero-order chi connectivity index (χ0) is 19.6. The Kier molecular flexibility index (Phi) is 7.15. The first-order valence-corrected chi connectivity index (χ1v) is 8.41. The first-order valence-electron chi connectivity index (χ1n) is 8.41. The standard InChI is InChI=1S/C21H20N2O4/c1-3-11-27-21(25)16-5-4-6-18(13-16)23-20(24)17(14-22)12-15-7-9-19(26-2)10-8-15/h4-10,12-13H,3,11H2,1-2H3,(H,23,24)/b17-12+. The molecule has 6 heteroatoms. The van der Waals surface area contributed by atoms with Gasteiger partial charge in [0.2, 0.25) is 0 Å². The van der Waals surface area contributed by atoms with E-state index < -0.39 is 11.9 Å². The molecular formula is C21H20N2O4. The zero-order valence-electron chi connectivity index (χ0n) is 15.2. The highest BCUT2D eigenvalue weighted by Gasteiger charge is 2.12. The maximum atomic E-state index is 12.4. The summed E-state index contributed by atoms with van der Waals surface area (Å²) in [6.45, 7) is 2.24. The van der Waals surface area contributed by atoms with Crippen molar-refractivity contribution in [2.45, 2.75) is 13.3 Å². The fourth-order valence-electron chi connectivity index (χ4n) is 2.22. The van der Waals surface area contributed by atoms with E-state index in [-0.39, 0.29) is 5.57 Å². The molecule has 6 nitrogen and oxygen atoms in total. The first-order chi connectivity index (χ1) is 13.1. The second-order valence-corrected chi connectivity index (χ2v) is 5.61. The minimum Gasteiger partial charge on any atom is -0.497 e. The first kappa shape index (κ1) is 19.7. The van der Waals surface area contributed by atoms with Crippen LogP contribution in [0.4, 0.5) is 5.69 Å². The lowest BCUT2D eigenvalue weighted by atomic mass is 10.1. The highest BCUT2D eigenvalue weighted by molar-refractivity contribution is 6.10. The second-order valence-electron chi connectivity index (χ2n) is 5.61. The predicted octanol–water partition coefficient (Wildman–Crippen LogP) is 3.81. The number of nitrogens with zero attached hydrogens (tertiary/aromatic N) is 1. The van der Waals surface area contributed by atoms with Gasteiger partial charge in [0.1, 0.15) is 17.4 Å². The van der Waals surface area contributed by atoms with E-state index in [0.717, 1.165) is 6.42 Å². The minimum absolute atomic E-state index is 0.0564. The molecule has 0 atom stereocenters. The van der Waals surface area contributed by atoms with Crippen LogP contribution in [0, 0.1) is 11.3 Å². The molecule has 0 saturated heterocycles. The smallest absolute Gasteiger partial charge is 0.338 e. The van der Waals surface area contributed by atoms with Gasteiger partial charge in [-0.15, -0.1) is 0 Å². The van der Waals surface area contributed by atoms with Gasteiger partial charge in [-0.1, -0.05) is 25.1 Å². The third-order valence-corrected chi connectivity index (χ3v) is 3.59. The van der Waals surface area contributed by atoms with Crippen LogP contribution in [-0.2, 0) is 9.53 Å². The summed E-state index contributed by atoms with van der Waals surface area (Å²) >= 11 is 0. The average molecular weight is 364 g/mol. The molecule has 138 valence electrons. The molecule has 0 aliphatic rings. The van der Waals surface area contributed by atoms with Crippen LogP contribution in [0.1, 0.15) is 29.3 Å². The van der Waals surface area contributed by atoms with E-state index in [9.17, 15) is 14.9 Å². The van der Waals surface area contributed by atoms with E-state index in [1.807, 2.05) is 13.0 Å². The SMILES string of the molecule is CCCOC(=O)c1cccc(NC(=O)/C(C#N)=C/c2ccc(OC)cc2)c1. The summed E-state index contributed by atoms with van der Waals surface area (Å²) in [6, 6.07) is 15.2. The summed E-state index contributed by atoms with van der Waals surface area (Å²) in [5, 5.41) is 11.9. The molecule has 0 spiro atoms. The van der Waals surface area contributed by atoms with Gasteiger partial charge in [0.25, 0.3) is 5.91 Å². The lowest BCUT2D eigenvalue weighted by Gasteiger charge is -2.07. The van der Waals surface area contributed by atoms with Gasteiger partial charge in [0, 0.05) is 5.69 Å². The van der Waals surface area contributed by atoms with Gasteiger partial charge in [-0.3, -0.25) is 4.79 Å². The molecule has 1 N–H and O–H groups in total. The van der Waals surface area contributed by atoms with Crippen molar-refractivity contribution in [1.29, 1.82) is 5.26 Å². The molecular weight excluding hydrogens is 344 g/mol.